The fourth-order valence-electron chi connectivity index (χ4n) is 4.43. The summed E-state index contributed by atoms with van der Waals surface area (Å²) in [7, 11) is 0. The molecule has 30 heavy (non-hydrogen) atoms. The molecule has 8 heteroatoms. The smallest absolute Gasteiger partial charge is 0.319 e. The van der Waals surface area contributed by atoms with Crippen LogP contribution in [0.25, 0.3) is 0 Å². The fraction of sp³-hybridized carbons (Fsp3) is 0.500. The summed E-state index contributed by atoms with van der Waals surface area (Å²) >= 11 is 1.72. The van der Waals surface area contributed by atoms with E-state index >= 15 is 0 Å². The molecule has 2 aromatic rings. The van der Waals surface area contributed by atoms with Crippen LogP contribution in [-0.4, -0.2) is 49.6 Å². The Labute approximate surface area is 180 Å². The Hall–Kier alpha value is -2.29. The normalized spacial score (nSPS) is 20.9. The number of nitrogens with zero attached hydrogens (tertiary/aromatic N) is 1. The van der Waals surface area contributed by atoms with Crippen LogP contribution in [0.1, 0.15) is 36.6 Å². The summed E-state index contributed by atoms with van der Waals surface area (Å²) in [5.74, 6) is 0.974. The van der Waals surface area contributed by atoms with Gasteiger partial charge in [-0.2, -0.15) is 0 Å². The van der Waals surface area contributed by atoms with Crippen molar-refractivity contribution < 1.29 is 19.0 Å². The lowest BCUT2D eigenvalue weighted by atomic mass is 10.2. The first-order valence-corrected chi connectivity index (χ1v) is 11.5. The number of ether oxygens (including phenoxy) is 3. The van der Waals surface area contributed by atoms with Gasteiger partial charge in [0.2, 0.25) is 0 Å². The highest BCUT2D eigenvalue weighted by Crippen LogP contribution is 2.47. The van der Waals surface area contributed by atoms with Gasteiger partial charge in [0.1, 0.15) is 0 Å². The molecule has 7 nitrogen and oxygen atoms in total. The van der Waals surface area contributed by atoms with E-state index in [4.69, 9.17) is 14.2 Å². The SMILES string of the molecule is O=C(NCC(c1cccs1)N1CCOCC1)Nc1ccc2c(c1)OC1(CCCC1)O2. The number of thiophene rings is 1. The Bertz CT molecular complexity index is 877. The van der Waals surface area contributed by atoms with Crippen LogP contribution in [0.15, 0.2) is 35.7 Å². The zero-order chi connectivity index (χ0) is 20.4. The zero-order valence-corrected chi connectivity index (χ0v) is 17.7. The fourth-order valence-corrected chi connectivity index (χ4v) is 5.29. The van der Waals surface area contributed by atoms with Gasteiger partial charge in [-0.25, -0.2) is 4.79 Å². The van der Waals surface area contributed by atoms with E-state index < -0.39 is 5.79 Å². The molecule has 2 amide bonds. The number of hydrogen-bond acceptors (Lipinski definition) is 6. The van der Waals surface area contributed by atoms with Crippen LogP contribution in [0.2, 0.25) is 0 Å². The molecule has 1 aliphatic carbocycles. The maximum absolute atomic E-state index is 12.6. The number of nitrogens with one attached hydrogen (secondary N) is 2. The van der Waals surface area contributed by atoms with Crippen LogP contribution in [0, 0.1) is 0 Å². The van der Waals surface area contributed by atoms with Crippen LogP contribution < -0.4 is 20.1 Å². The van der Waals surface area contributed by atoms with E-state index in [0.717, 1.165) is 57.7 Å². The molecule has 1 saturated heterocycles. The van der Waals surface area contributed by atoms with Crippen molar-refractivity contribution in [1.82, 2.24) is 10.2 Å². The minimum absolute atomic E-state index is 0.152. The summed E-state index contributed by atoms with van der Waals surface area (Å²) in [5, 5.41) is 8.04. The Morgan fingerprint density at radius 2 is 1.93 bits per heavy atom. The molecule has 3 heterocycles. The van der Waals surface area contributed by atoms with Crippen molar-refractivity contribution >= 4 is 23.1 Å². The van der Waals surface area contributed by atoms with Crippen molar-refractivity contribution in [3.05, 3.63) is 40.6 Å². The Morgan fingerprint density at radius 1 is 1.13 bits per heavy atom. The molecule has 1 unspecified atom stereocenters. The number of carbonyl (C=O) groups excluding carboxylic acids is 1. The molecule has 1 aromatic carbocycles. The van der Waals surface area contributed by atoms with Crippen molar-refractivity contribution in [2.45, 2.75) is 37.5 Å². The lowest BCUT2D eigenvalue weighted by Crippen LogP contribution is -2.44. The minimum Gasteiger partial charge on any atom is -0.448 e. The number of hydrogen-bond donors (Lipinski definition) is 2. The molecular weight excluding hydrogens is 402 g/mol. The highest BCUT2D eigenvalue weighted by Gasteiger charge is 2.44. The lowest BCUT2D eigenvalue weighted by Gasteiger charge is -2.34. The maximum Gasteiger partial charge on any atom is 0.319 e. The predicted molar refractivity (Wildman–Crippen MR) is 115 cm³/mol. The summed E-state index contributed by atoms with van der Waals surface area (Å²) in [6, 6.07) is 9.69. The van der Waals surface area contributed by atoms with Gasteiger partial charge in [0.15, 0.2) is 11.5 Å². The molecule has 2 N–H and O–H groups in total. The number of urea groups is 1. The van der Waals surface area contributed by atoms with Crippen molar-refractivity contribution in [3.8, 4) is 11.5 Å². The molecule has 1 atom stereocenters. The number of benzene rings is 1. The summed E-state index contributed by atoms with van der Waals surface area (Å²) in [6.45, 7) is 3.74. The molecule has 5 rings (SSSR count). The van der Waals surface area contributed by atoms with E-state index in [1.165, 1.54) is 4.88 Å². The first-order valence-electron chi connectivity index (χ1n) is 10.6. The van der Waals surface area contributed by atoms with Gasteiger partial charge in [-0.1, -0.05) is 6.07 Å². The second kappa shape index (κ2) is 8.45. The Kier molecular flexibility index (Phi) is 5.54. The molecular formula is C22H27N3O4S. The van der Waals surface area contributed by atoms with E-state index in [1.54, 1.807) is 11.3 Å². The standard InChI is InChI=1S/C22H27N3O4S/c26-21(23-15-17(20-4-3-13-30-20)25-9-11-27-12-10-25)24-16-5-6-18-19(14-16)29-22(28-18)7-1-2-8-22/h3-6,13-14,17H,1-2,7-12,15H2,(H2,23,24,26). The van der Waals surface area contributed by atoms with Gasteiger partial charge >= 0.3 is 6.03 Å². The number of morpholine rings is 1. The van der Waals surface area contributed by atoms with E-state index in [9.17, 15) is 4.79 Å². The molecule has 2 aliphatic heterocycles. The third-order valence-corrected chi connectivity index (χ3v) is 6.95. The molecule has 1 spiro atoms. The van der Waals surface area contributed by atoms with Crippen LogP contribution in [-0.2, 0) is 4.74 Å². The van der Waals surface area contributed by atoms with Gasteiger partial charge in [-0.05, 0) is 36.4 Å². The quantitative estimate of drug-likeness (QED) is 0.752. The van der Waals surface area contributed by atoms with Crippen molar-refractivity contribution in [1.29, 1.82) is 0 Å². The molecule has 3 aliphatic rings. The van der Waals surface area contributed by atoms with Crippen molar-refractivity contribution in [3.63, 3.8) is 0 Å². The first-order chi connectivity index (χ1) is 14.7. The summed E-state index contributed by atoms with van der Waals surface area (Å²) < 4.78 is 17.6. The Morgan fingerprint density at radius 3 is 2.70 bits per heavy atom. The third kappa shape index (κ3) is 4.12. The number of fused-ring (bicyclic) bond motifs is 1. The van der Waals surface area contributed by atoms with E-state index in [2.05, 4.69) is 33.0 Å². The summed E-state index contributed by atoms with van der Waals surface area (Å²) in [5.41, 5.74) is 0.698. The molecule has 0 bridgehead atoms. The lowest BCUT2D eigenvalue weighted by molar-refractivity contribution is -0.0716. The molecule has 160 valence electrons. The van der Waals surface area contributed by atoms with E-state index in [1.807, 2.05) is 18.2 Å². The van der Waals surface area contributed by atoms with Gasteiger partial charge in [0.05, 0.1) is 19.3 Å². The summed E-state index contributed by atoms with van der Waals surface area (Å²) in [6.07, 6.45) is 4.07. The number of carbonyl (C=O) groups is 1. The molecule has 1 aromatic heterocycles. The van der Waals surface area contributed by atoms with Gasteiger partial charge < -0.3 is 24.8 Å². The monoisotopic (exact) mass is 429 g/mol. The average Bonchev–Trinajstić information content (AvgIpc) is 3.51. The van der Waals surface area contributed by atoms with Crippen LogP contribution in [0.5, 0.6) is 11.5 Å². The van der Waals surface area contributed by atoms with Crippen LogP contribution in [0.3, 0.4) is 0 Å². The maximum atomic E-state index is 12.6. The zero-order valence-electron chi connectivity index (χ0n) is 16.9. The largest absolute Gasteiger partial charge is 0.448 e. The number of rotatable bonds is 5. The van der Waals surface area contributed by atoms with E-state index in [0.29, 0.717) is 18.0 Å². The van der Waals surface area contributed by atoms with Crippen molar-refractivity contribution in [2.75, 3.05) is 38.2 Å². The van der Waals surface area contributed by atoms with E-state index in [-0.39, 0.29) is 12.1 Å². The highest BCUT2D eigenvalue weighted by molar-refractivity contribution is 7.10. The van der Waals surface area contributed by atoms with Gasteiger partial charge in [-0.3, -0.25) is 4.90 Å². The topological polar surface area (TPSA) is 72.1 Å². The number of anilines is 1. The van der Waals surface area contributed by atoms with Gasteiger partial charge in [-0.15, -0.1) is 11.3 Å². The molecule has 0 radical (unpaired) electrons. The number of amides is 2. The molecule has 1 saturated carbocycles. The average molecular weight is 430 g/mol. The Balaban J connectivity index is 1.20. The highest BCUT2D eigenvalue weighted by atomic mass is 32.1. The second-order valence-corrected chi connectivity index (χ2v) is 8.98. The van der Waals surface area contributed by atoms with Gasteiger partial charge in [0, 0.05) is 49.1 Å². The summed E-state index contributed by atoms with van der Waals surface area (Å²) in [4.78, 5) is 16.2. The minimum atomic E-state index is -0.491. The van der Waals surface area contributed by atoms with Crippen LogP contribution in [0.4, 0.5) is 10.5 Å². The third-order valence-electron chi connectivity index (χ3n) is 5.97. The van der Waals surface area contributed by atoms with Gasteiger partial charge in [0.25, 0.3) is 5.79 Å². The first kappa shape index (κ1) is 19.7. The predicted octanol–water partition coefficient (Wildman–Crippen LogP) is 3.98. The van der Waals surface area contributed by atoms with Crippen LogP contribution >= 0.6 is 11.3 Å². The van der Waals surface area contributed by atoms with Crippen molar-refractivity contribution in [2.24, 2.45) is 0 Å². The molecule has 2 fully saturated rings. The second-order valence-electron chi connectivity index (χ2n) is 8.00.